The minimum Gasteiger partial charge on any atom is -0.508 e. The van der Waals surface area contributed by atoms with Crippen LogP contribution < -0.4 is 5.32 Å². The van der Waals surface area contributed by atoms with Crippen molar-refractivity contribution in [2.75, 3.05) is 6.54 Å². The van der Waals surface area contributed by atoms with E-state index in [1.54, 1.807) is 58.6 Å². The number of carbonyl (C=O) groups excluding carboxylic acids is 3. The molecule has 0 aromatic heterocycles. The molecule has 1 heterocycles. The lowest BCUT2D eigenvalue weighted by Gasteiger charge is -2.40. The van der Waals surface area contributed by atoms with Gasteiger partial charge in [0.15, 0.2) is 0 Å². The number of amides is 2. The zero-order chi connectivity index (χ0) is 28.1. The number of phenols is 1. The average Bonchev–Trinajstić information content (AvgIpc) is 3.22. The number of aromatic hydroxyl groups is 1. The molecule has 0 radical (unpaired) electrons. The summed E-state index contributed by atoms with van der Waals surface area (Å²) in [4.78, 5) is 42.3. The van der Waals surface area contributed by atoms with Gasteiger partial charge in [-0.2, -0.15) is 0 Å². The van der Waals surface area contributed by atoms with Gasteiger partial charge in [-0.3, -0.25) is 4.79 Å². The fraction of sp³-hybridized carbons (Fsp3) is 0.500. The topological polar surface area (TPSA) is 105 Å². The van der Waals surface area contributed by atoms with Gasteiger partial charge in [0, 0.05) is 19.4 Å². The summed E-state index contributed by atoms with van der Waals surface area (Å²) in [5, 5.41) is 12.4. The van der Waals surface area contributed by atoms with E-state index in [0.717, 1.165) is 11.1 Å². The summed E-state index contributed by atoms with van der Waals surface area (Å²) < 4.78 is 11.3. The molecule has 1 aliphatic heterocycles. The van der Waals surface area contributed by atoms with Crippen molar-refractivity contribution in [2.45, 2.75) is 90.0 Å². The quantitative estimate of drug-likeness (QED) is 0.506. The van der Waals surface area contributed by atoms with E-state index in [2.05, 4.69) is 5.32 Å². The third-order valence-corrected chi connectivity index (χ3v) is 6.24. The Hall–Kier alpha value is -3.55. The second-order valence-corrected chi connectivity index (χ2v) is 11.9. The molecule has 0 bridgehead atoms. The Balaban J connectivity index is 1.99. The van der Waals surface area contributed by atoms with Crippen LogP contribution in [0.2, 0.25) is 0 Å². The van der Waals surface area contributed by atoms with Crippen molar-refractivity contribution in [1.82, 2.24) is 10.2 Å². The van der Waals surface area contributed by atoms with Crippen LogP contribution in [0.1, 0.15) is 65.5 Å². The van der Waals surface area contributed by atoms with Gasteiger partial charge in [-0.15, -0.1) is 0 Å². The van der Waals surface area contributed by atoms with Crippen molar-refractivity contribution in [3.05, 3.63) is 65.7 Å². The molecule has 3 rings (SSSR count). The Labute approximate surface area is 225 Å². The number of nitrogens with one attached hydrogen (secondary N) is 1. The van der Waals surface area contributed by atoms with Crippen LogP contribution in [0.15, 0.2) is 54.6 Å². The molecule has 2 amide bonds. The van der Waals surface area contributed by atoms with E-state index >= 15 is 0 Å². The number of likely N-dealkylation sites (tertiary alicyclic amines) is 1. The van der Waals surface area contributed by atoms with E-state index in [-0.39, 0.29) is 18.1 Å². The number of rotatable bonds is 7. The summed E-state index contributed by atoms with van der Waals surface area (Å²) in [5.41, 5.74) is -1.06. The normalized spacial score (nSPS) is 18.5. The summed E-state index contributed by atoms with van der Waals surface area (Å²) in [6.45, 7) is 11.0. The number of ether oxygens (including phenoxy) is 2. The number of phenolic OH excluding ortho intramolecular Hbond substituents is 1. The van der Waals surface area contributed by atoms with Crippen LogP contribution in [0.4, 0.5) is 4.79 Å². The van der Waals surface area contributed by atoms with E-state index in [1.165, 1.54) is 12.1 Å². The van der Waals surface area contributed by atoms with E-state index in [0.29, 0.717) is 25.8 Å². The molecule has 0 aliphatic carbocycles. The van der Waals surface area contributed by atoms with E-state index < -0.39 is 34.8 Å². The molecule has 2 atom stereocenters. The van der Waals surface area contributed by atoms with E-state index in [9.17, 15) is 19.5 Å². The molecule has 8 heteroatoms. The molecule has 2 N–H and O–H groups in total. The van der Waals surface area contributed by atoms with E-state index in [4.69, 9.17) is 9.47 Å². The van der Waals surface area contributed by atoms with Crippen LogP contribution in [0.25, 0.3) is 0 Å². The molecule has 1 saturated heterocycles. The molecule has 0 saturated carbocycles. The van der Waals surface area contributed by atoms with Gasteiger partial charge >= 0.3 is 12.1 Å². The third-order valence-electron chi connectivity index (χ3n) is 6.24. The van der Waals surface area contributed by atoms with Crippen LogP contribution in [-0.2, 0) is 31.9 Å². The number of esters is 1. The summed E-state index contributed by atoms with van der Waals surface area (Å²) in [5.74, 6) is -0.744. The van der Waals surface area contributed by atoms with Gasteiger partial charge in [-0.1, -0.05) is 42.5 Å². The number of carbonyl (C=O) groups is 3. The minimum atomic E-state index is -1.21. The van der Waals surface area contributed by atoms with Crippen LogP contribution in [-0.4, -0.2) is 57.3 Å². The highest BCUT2D eigenvalue weighted by Gasteiger charge is 2.53. The van der Waals surface area contributed by atoms with Crippen molar-refractivity contribution in [3.8, 4) is 5.75 Å². The minimum absolute atomic E-state index is 0.100. The van der Waals surface area contributed by atoms with Gasteiger partial charge in [0.05, 0.1) is 0 Å². The molecule has 1 fully saturated rings. The SMILES string of the molecule is CC(C)(C)OC(=O)N[C@@H](Cc1ccc(O)cc1)C(=O)N1CCC[C@@]1(Cc1ccccc1)C(=O)OC(C)(C)C. The zero-order valence-corrected chi connectivity index (χ0v) is 23.2. The van der Waals surface area contributed by atoms with Gasteiger partial charge in [0.1, 0.15) is 28.5 Å². The van der Waals surface area contributed by atoms with Crippen molar-refractivity contribution in [3.63, 3.8) is 0 Å². The summed E-state index contributed by atoms with van der Waals surface area (Å²) >= 11 is 0. The predicted octanol–water partition coefficient (Wildman–Crippen LogP) is 4.77. The molecule has 2 aromatic rings. The maximum atomic E-state index is 14.2. The summed E-state index contributed by atoms with van der Waals surface area (Å²) in [7, 11) is 0. The first kappa shape index (κ1) is 29.0. The lowest BCUT2D eigenvalue weighted by Crippen LogP contribution is -2.61. The zero-order valence-electron chi connectivity index (χ0n) is 23.2. The Kier molecular flexibility index (Phi) is 8.75. The predicted molar refractivity (Wildman–Crippen MR) is 145 cm³/mol. The van der Waals surface area contributed by atoms with Gasteiger partial charge in [-0.25, -0.2) is 9.59 Å². The number of nitrogens with zero attached hydrogens (tertiary/aromatic N) is 1. The molecular weight excluding hydrogens is 484 g/mol. The lowest BCUT2D eigenvalue weighted by atomic mass is 9.87. The number of alkyl carbamates (subject to hydrolysis) is 1. The average molecular weight is 525 g/mol. The Morgan fingerprint density at radius 3 is 2.11 bits per heavy atom. The highest BCUT2D eigenvalue weighted by molar-refractivity contribution is 5.93. The first-order valence-corrected chi connectivity index (χ1v) is 13.0. The van der Waals surface area contributed by atoms with Gasteiger partial charge in [0.25, 0.3) is 0 Å². The number of hydrogen-bond acceptors (Lipinski definition) is 6. The fourth-order valence-corrected chi connectivity index (χ4v) is 4.68. The van der Waals surface area contributed by atoms with Crippen molar-refractivity contribution >= 4 is 18.0 Å². The molecular formula is C30H40N2O6. The maximum Gasteiger partial charge on any atom is 0.408 e. The first-order chi connectivity index (χ1) is 17.7. The highest BCUT2D eigenvalue weighted by Crippen LogP contribution is 2.36. The van der Waals surface area contributed by atoms with Crippen molar-refractivity contribution in [1.29, 1.82) is 0 Å². The largest absolute Gasteiger partial charge is 0.508 e. The van der Waals surface area contributed by atoms with Crippen molar-refractivity contribution in [2.24, 2.45) is 0 Å². The van der Waals surface area contributed by atoms with Crippen LogP contribution >= 0.6 is 0 Å². The lowest BCUT2D eigenvalue weighted by molar-refractivity contribution is -0.172. The Morgan fingerprint density at radius 1 is 0.921 bits per heavy atom. The second-order valence-electron chi connectivity index (χ2n) is 11.9. The number of benzene rings is 2. The number of hydrogen-bond donors (Lipinski definition) is 2. The van der Waals surface area contributed by atoms with Gasteiger partial charge in [-0.05, 0) is 77.6 Å². The molecule has 2 aromatic carbocycles. The molecule has 1 aliphatic rings. The van der Waals surface area contributed by atoms with Crippen LogP contribution in [0, 0.1) is 0 Å². The summed E-state index contributed by atoms with van der Waals surface area (Å²) in [6, 6.07) is 15.0. The maximum absolute atomic E-state index is 14.2. The molecule has 0 spiro atoms. The molecule has 206 valence electrons. The first-order valence-electron chi connectivity index (χ1n) is 13.0. The smallest absolute Gasteiger partial charge is 0.408 e. The molecule has 0 unspecified atom stereocenters. The third kappa shape index (κ3) is 7.73. The van der Waals surface area contributed by atoms with Crippen molar-refractivity contribution < 1.29 is 29.0 Å². The van der Waals surface area contributed by atoms with E-state index in [1.807, 2.05) is 30.3 Å². The monoisotopic (exact) mass is 524 g/mol. The molecule has 8 nitrogen and oxygen atoms in total. The fourth-order valence-electron chi connectivity index (χ4n) is 4.68. The van der Waals surface area contributed by atoms with Gasteiger partial charge in [0.2, 0.25) is 5.91 Å². The Morgan fingerprint density at radius 2 is 1.53 bits per heavy atom. The Bertz CT molecular complexity index is 1120. The van der Waals surface area contributed by atoms with Crippen LogP contribution in [0.5, 0.6) is 5.75 Å². The summed E-state index contributed by atoms with van der Waals surface area (Å²) in [6.07, 6.45) is 0.800. The highest BCUT2D eigenvalue weighted by atomic mass is 16.6. The van der Waals surface area contributed by atoms with Crippen LogP contribution in [0.3, 0.4) is 0 Å². The second kappa shape index (κ2) is 11.5. The van der Waals surface area contributed by atoms with Gasteiger partial charge < -0.3 is 24.8 Å². The molecule has 38 heavy (non-hydrogen) atoms. The standard InChI is InChI=1S/C30H40N2O6/c1-28(2,3)37-26(35)30(20-22-11-8-7-9-12-22)17-10-18-32(30)25(34)24(31-27(36)38-29(4,5)6)19-21-13-15-23(33)16-14-21/h7-9,11-16,24,33H,10,17-20H2,1-6H3,(H,31,36)/t24-,30+/m0/s1.